The van der Waals surface area contributed by atoms with Gasteiger partial charge in [0.05, 0.1) is 10.5 Å². The van der Waals surface area contributed by atoms with E-state index in [4.69, 9.17) is 0 Å². The van der Waals surface area contributed by atoms with Crippen molar-refractivity contribution in [3.63, 3.8) is 0 Å². The van der Waals surface area contributed by atoms with Gasteiger partial charge in [0.1, 0.15) is 5.82 Å². The Kier molecular flexibility index (Phi) is 4.16. The second-order valence-corrected chi connectivity index (χ2v) is 5.03. The molecule has 1 N–H and O–H groups in total. The zero-order chi connectivity index (χ0) is 15.6. The summed E-state index contributed by atoms with van der Waals surface area (Å²) >= 11 is 1.02. The van der Waals surface area contributed by atoms with Crippen LogP contribution in [0.4, 0.5) is 18.9 Å². The summed E-state index contributed by atoms with van der Waals surface area (Å²) in [7, 11) is 0. The molecule has 0 radical (unpaired) electrons. The van der Waals surface area contributed by atoms with E-state index in [9.17, 15) is 23.3 Å². The topological polar surface area (TPSA) is 84.7 Å². The number of thioether (sulfide) groups is 1. The first-order valence-electron chi connectivity index (χ1n) is 5.63. The number of rotatable bonds is 4. The Morgan fingerprint density at radius 1 is 1.43 bits per heavy atom. The van der Waals surface area contributed by atoms with Gasteiger partial charge in [-0.2, -0.15) is 13.2 Å². The lowest BCUT2D eigenvalue weighted by Crippen LogP contribution is -2.09. The quantitative estimate of drug-likeness (QED) is 0.531. The first kappa shape index (κ1) is 15.3. The maximum atomic E-state index is 13.0. The minimum absolute atomic E-state index is 0.0376. The fourth-order valence-corrected chi connectivity index (χ4v) is 2.44. The van der Waals surface area contributed by atoms with Crippen LogP contribution >= 0.6 is 11.8 Å². The maximum absolute atomic E-state index is 13.0. The highest BCUT2D eigenvalue weighted by Crippen LogP contribution is 2.36. The zero-order valence-corrected chi connectivity index (χ0v) is 11.5. The van der Waals surface area contributed by atoms with Crippen molar-refractivity contribution in [1.29, 1.82) is 0 Å². The Morgan fingerprint density at radius 3 is 2.67 bits per heavy atom. The lowest BCUT2D eigenvalue weighted by atomic mass is 10.1. The van der Waals surface area contributed by atoms with Crippen LogP contribution in [0.2, 0.25) is 0 Å². The average molecular weight is 318 g/mol. The molecule has 0 spiro atoms. The van der Waals surface area contributed by atoms with Gasteiger partial charge in [-0.1, -0.05) is 17.8 Å². The van der Waals surface area contributed by atoms with Gasteiger partial charge in [-0.3, -0.25) is 15.2 Å². The number of alkyl halides is 3. The number of benzene rings is 1. The van der Waals surface area contributed by atoms with Crippen molar-refractivity contribution in [2.75, 3.05) is 0 Å². The normalized spacial score (nSPS) is 11.6. The number of halogens is 3. The van der Waals surface area contributed by atoms with Crippen LogP contribution in [0.3, 0.4) is 0 Å². The zero-order valence-electron chi connectivity index (χ0n) is 10.6. The fraction of sp³-hybridized carbons (Fsp3) is 0.273. The SMILES string of the molecule is Cc1nc(SCc2ccc([N+](=O)[O-])cc2C(F)(F)F)n[nH]1. The number of nitrogens with one attached hydrogen (secondary N) is 1. The summed E-state index contributed by atoms with van der Waals surface area (Å²) < 4.78 is 38.9. The molecule has 0 amide bonds. The molecule has 0 saturated heterocycles. The average Bonchev–Trinajstić information content (AvgIpc) is 2.81. The van der Waals surface area contributed by atoms with Gasteiger partial charge in [-0.15, -0.1) is 5.10 Å². The van der Waals surface area contributed by atoms with Crippen LogP contribution < -0.4 is 0 Å². The summed E-state index contributed by atoms with van der Waals surface area (Å²) in [5, 5.41) is 17.3. The summed E-state index contributed by atoms with van der Waals surface area (Å²) in [6, 6.07) is 2.70. The van der Waals surface area contributed by atoms with Gasteiger partial charge in [-0.25, -0.2) is 4.98 Å². The number of aromatic nitrogens is 3. The molecule has 0 saturated carbocycles. The summed E-state index contributed by atoms with van der Waals surface area (Å²) in [6.45, 7) is 1.67. The molecule has 0 aliphatic heterocycles. The fourth-order valence-electron chi connectivity index (χ4n) is 1.60. The van der Waals surface area contributed by atoms with Crippen molar-refractivity contribution >= 4 is 17.4 Å². The van der Waals surface area contributed by atoms with Gasteiger partial charge < -0.3 is 0 Å². The van der Waals surface area contributed by atoms with Crippen molar-refractivity contribution in [3.05, 3.63) is 45.3 Å². The van der Waals surface area contributed by atoms with E-state index in [-0.39, 0.29) is 11.3 Å². The van der Waals surface area contributed by atoms with Gasteiger partial charge >= 0.3 is 6.18 Å². The minimum atomic E-state index is -4.66. The molecule has 2 aromatic rings. The second-order valence-electron chi connectivity index (χ2n) is 4.09. The van der Waals surface area contributed by atoms with Crippen LogP contribution in [0.1, 0.15) is 17.0 Å². The lowest BCUT2D eigenvalue weighted by molar-refractivity contribution is -0.385. The molecule has 6 nitrogen and oxygen atoms in total. The number of nitrogens with zero attached hydrogens (tertiary/aromatic N) is 3. The van der Waals surface area contributed by atoms with E-state index in [2.05, 4.69) is 15.2 Å². The number of nitro benzene ring substituents is 1. The summed E-state index contributed by atoms with van der Waals surface area (Å²) in [4.78, 5) is 13.7. The van der Waals surface area contributed by atoms with Gasteiger partial charge in [0.25, 0.3) is 5.69 Å². The van der Waals surface area contributed by atoms with E-state index in [1.807, 2.05) is 0 Å². The summed E-state index contributed by atoms with van der Waals surface area (Å²) in [6.07, 6.45) is -4.66. The number of aromatic amines is 1. The largest absolute Gasteiger partial charge is 0.416 e. The highest BCUT2D eigenvalue weighted by atomic mass is 32.2. The molecule has 0 bridgehead atoms. The van der Waals surface area contributed by atoms with Crippen LogP contribution in [0.5, 0.6) is 0 Å². The number of hydrogen-bond acceptors (Lipinski definition) is 5. The molecule has 0 unspecified atom stereocenters. The highest BCUT2D eigenvalue weighted by Gasteiger charge is 2.34. The first-order valence-corrected chi connectivity index (χ1v) is 6.62. The van der Waals surface area contributed by atoms with Crippen molar-refractivity contribution in [2.24, 2.45) is 0 Å². The maximum Gasteiger partial charge on any atom is 0.416 e. The van der Waals surface area contributed by atoms with Crippen LogP contribution in [0, 0.1) is 17.0 Å². The third kappa shape index (κ3) is 3.72. The van der Waals surface area contributed by atoms with Crippen LogP contribution in [-0.2, 0) is 11.9 Å². The molecule has 0 atom stereocenters. The van der Waals surface area contributed by atoms with Gasteiger partial charge in [0.2, 0.25) is 5.16 Å². The number of non-ortho nitro benzene ring substituents is 1. The van der Waals surface area contributed by atoms with E-state index in [0.717, 1.165) is 23.9 Å². The van der Waals surface area contributed by atoms with Crippen molar-refractivity contribution in [1.82, 2.24) is 15.2 Å². The Balaban J connectivity index is 2.27. The van der Waals surface area contributed by atoms with Gasteiger partial charge in [-0.05, 0) is 12.5 Å². The Labute approximate surface area is 120 Å². The third-order valence-electron chi connectivity index (χ3n) is 2.54. The third-order valence-corrected chi connectivity index (χ3v) is 3.44. The smallest absolute Gasteiger partial charge is 0.262 e. The molecule has 0 aliphatic carbocycles. The predicted octanol–water partition coefficient (Wildman–Crippen LogP) is 3.33. The molecular weight excluding hydrogens is 309 g/mol. The Hall–Kier alpha value is -2.10. The van der Waals surface area contributed by atoms with Crippen LogP contribution in [0.25, 0.3) is 0 Å². The van der Waals surface area contributed by atoms with E-state index >= 15 is 0 Å². The number of H-pyrrole nitrogens is 1. The standard InChI is InChI=1S/C11H9F3N4O2S/c1-6-15-10(17-16-6)21-5-7-2-3-8(18(19)20)4-9(7)11(12,13)14/h2-4H,5H2,1H3,(H,15,16,17). The molecule has 1 aromatic carbocycles. The molecule has 10 heteroatoms. The monoisotopic (exact) mass is 318 g/mol. The number of nitro groups is 1. The lowest BCUT2D eigenvalue weighted by Gasteiger charge is -2.11. The molecule has 1 aromatic heterocycles. The predicted molar refractivity (Wildman–Crippen MR) is 68.8 cm³/mol. The Bertz CT molecular complexity index is 672. The first-order chi connectivity index (χ1) is 9.77. The van der Waals surface area contributed by atoms with Crippen molar-refractivity contribution in [2.45, 2.75) is 24.0 Å². The second kappa shape index (κ2) is 5.72. The molecule has 0 fully saturated rings. The van der Waals surface area contributed by atoms with Gasteiger partial charge in [0, 0.05) is 17.9 Å². The summed E-state index contributed by atoms with van der Waals surface area (Å²) in [5.41, 5.74) is -1.66. The molecule has 1 heterocycles. The molecule has 21 heavy (non-hydrogen) atoms. The van der Waals surface area contributed by atoms with Crippen molar-refractivity contribution in [3.8, 4) is 0 Å². The van der Waals surface area contributed by atoms with Crippen LogP contribution in [-0.4, -0.2) is 20.1 Å². The molecular formula is C11H9F3N4O2S. The minimum Gasteiger partial charge on any atom is -0.262 e. The molecule has 112 valence electrons. The van der Waals surface area contributed by atoms with E-state index in [1.54, 1.807) is 6.92 Å². The van der Waals surface area contributed by atoms with E-state index in [0.29, 0.717) is 17.0 Å². The number of hydrogen-bond donors (Lipinski definition) is 1. The van der Waals surface area contributed by atoms with E-state index in [1.165, 1.54) is 0 Å². The van der Waals surface area contributed by atoms with E-state index < -0.39 is 22.4 Å². The highest BCUT2D eigenvalue weighted by molar-refractivity contribution is 7.98. The molecule has 0 aliphatic rings. The number of aryl methyl sites for hydroxylation is 1. The molecule has 2 rings (SSSR count). The van der Waals surface area contributed by atoms with Crippen LogP contribution in [0.15, 0.2) is 23.4 Å². The summed E-state index contributed by atoms with van der Waals surface area (Å²) in [5.74, 6) is 0.515. The van der Waals surface area contributed by atoms with Gasteiger partial charge in [0.15, 0.2) is 0 Å². The Morgan fingerprint density at radius 2 is 2.14 bits per heavy atom. The van der Waals surface area contributed by atoms with Crippen molar-refractivity contribution < 1.29 is 18.1 Å².